The lowest BCUT2D eigenvalue weighted by atomic mass is 10.2. The first-order valence-corrected chi connectivity index (χ1v) is 8.59. The summed E-state index contributed by atoms with van der Waals surface area (Å²) < 4.78 is 3.15. The molecule has 0 aliphatic carbocycles. The second-order valence-electron chi connectivity index (χ2n) is 2.74. The number of hydrogen-bond donors (Lipinski definition) is 0. The first kappa shape index (κ1) is 9.87. The van der Waals surface area contributed by atoms with Crippen LogP contribution in [0.25, 0.3) is 10.9 Å². The van der Waals surface area contributed by atoms with Gasteiger partial charge >= 0.3 is 0 Å². The minimum absolute atomic E-state index is 0.669. The van der Waals surface area contributed by atoms with Crippen molar-refractivity contribution in [2.24, 2.45) is 0 Å². The summed E-state index contributed by atoms with van der Waals surface area (Å²) in [5.41, 5.74) is 2.31. The predicted octanol–water partition coefficient (Wildman–Crippen LogP) is 3.90. The van der Waals surface area contributed by atoms with Gasteiger partial charge in [0.2, 0.25) is 0 Å². The zero-order chi connectivity index (χ0) is 9.42. The number of aromatic nitrogens is 2. The van der Waals surface area contributed by atoms with E-state index in [1.54, 1.807) is 0 Å². The molecule has 0 aliphatic rings. The van der Waals surface area contributed by atoms with E-state index < -0.39 is 0 Å². The van der Waals surface area contributed by atoms with Crippen LogP contribution < -0.4 is 0 Å². The van der Waals surface area contributed by atoms with Crippen LogP contribution in [0.15, 0.2) is 22.7 Å². The molecule has 68 valence electrons. The van der Waals surface area contributed by atoms with Crippen molar-refractivity contribution in [3.8, 4) is 0 Å². The number of fused-ring (bicyclic) bond motifs is 1. The molecule has 1 heterocycles. The van der Waals surface area contributed by atoms with Gasteiger partial charge in [-0.1, -0.05) is 15.9 Å². The smallest absolute Gasteiger partial charge is 0.0930 e. The summed E-state index contributed by atoms with van der Waals surface area (Å²) >= 11 is 5.80. The lowest BCUT2D eigenvalue weighted by molar-refractivity contribution is 0.988. The molecular weight excluding hydrogens is 362 g/mol. The first-order chi connectivity index (χ1) is 6.22. The number of hydrogen-bond acceptors (Lipinski definition) is 1. The maximum atomic E-state index is 4.47. The van der Waals surface area contributed by atoms with Gasteiger partial charge in [0.25, 0.3) is 0 Å². The maximum absolute atomic E-state index is 4.47. The van der Waals surface area contributed by atoms with Crippen LogP contribution in [0.5, 0.6) is 0 Å². The number of benzene rings is 1. The van der Waals surface area contributed by atoms with Gasteiger partial charge in [-0.15, -0.1) is 0 Å². The fourth-order valence-corrected chi connectivity index (χ4v) is 3.43. The van der Waals surface area contributed by atoms with E-state index >= 15 is 0 Å². The van der Waals surface area contributed by atoms with E-state index in [4.69, 9.17) is 0 Å². The van der Waals surface area contributed by atoms with E-state index in [9.17, 15) is 0 Å². The number of nitrogens with zero attached hydrogens (tertiary/aromatic N) is 2. The molecule has 0 bridgehead atoms. The van der Waals surface area contributed by atoms with Gasteiger partial charge in [0.05, 0.1) is 11.9 Å². The van der Waals surface area contributed by atoms with Crippen LogP contribution in [-0.4, -0.2) is 9.55 Å². The van der Waals surface area contributed by atoms with Crippen molar-refractivity contribution in [3.05, 3.63) is 28.4 Å². The molecule has 2 rings (SSSR count). The van der Waals surface area contributed by atoms with Crippen molar-refractivity contribution in [1.82, 2.24) is 9.55 Å². The zero-order valence-electron chi connectivity index (χ0n) is 6.88. The summed E-state index contributed by atoms with van der Waals surface area (Å²) in [7, 11) is 0. The van der Waals surface area contributed by atoms with Crippen molar-refractivity contribution in [2.45, 2.75) is 6.92 Å². The minimum atomic E-state index is 0.669. The van der Waals surface area contributed by atoms with E-state index in [-0.39, 0.29) is 0 Å². The van der Waals surface area contributed by atoms with Crippen LogP contribution in [0, 0.1) is 6.92 Å². The van der Waals surface area contributed by atoms with Crippen molar-refractivity contribution >= 4 is 55.2 Å². The molecule has 0 amide bonds. The standard InChI is InChI=1S/C8H7BrIN2P/c1-5-7-4-6(9)2-3-8(7)11-12(5)13-10/h2-4,13H,1H3. The Hall–Kier alpha value is 0.330. The third-order valence-corrected chi connectivity index (χ3v) is 4.41. The second kappa shape index (κ2) is 3.83. The Labute approximate surface area is 99.5 Å². The van der Waals surface area contributed by atoms with E-state index in [1.165, 1.54) is 11.1 Å². The Bertz CT molecular complexity index is 455. The van der Waals surface area contributed by atoms with E-state index in [2.05, 4.69) is 56.1 Å². The van der Waals surface area contributed by atoms with Gasteiger partial charge in [-0.2, -0.15) is 5.10 Å². The molecule has 1 atom stereocenters. The molecule has 2 aromatic rings. The summed E-state index contributed by atoms with van der Waals surface area (Å²) in [6, 6.07) is 6.18. The molecule has 1 unspecified atom stereocenters. The van der Waals surface area contributed by atoms with E-state index in [0.29, 0.717) is 6.37 Å². The van der Waals surface area contributed by atoms with Crippen molar-refractivity contribution in [1.29, 1.82) is 0 Å². The average Bonchev–Trinajstić information content (AvgIpc) is 2.44. The highest BCUT2D eigenvalue weighted by Crippen LogP contribution is 2.30. The molecule has 0 saturated carbocycles. The fourth-order valence-electron chi connectivity index (χ4n) is 1.26. The van der Waals surface area contributed by atoms with Gasteiger partial charge < -0.3 is 0 Å². The van der Waals surface area contributed by atoms with Crippen molar-refractivity contribution in [2.75, 3.05) is 0 Å². The summed E-state index contributed by atoms with van der Waals surface area (Å²) in [6.45, 7) is 2.10. The molecule has 0 radical (unpaired) electrons. The summed E-state index contributed by atoms with van der Waals surface area (Å²) in [4.78, 5) is 0. The topological polar surface area (TPSA) is 17.8 Å². The quantitative estimate of drug-likeness (QED) is 0.551. The predicted molar refractivity (Wildman–Crippen MR) is 69.9 cm³/mol. The van der Waals surface area contributed by atoms with Gasteiger partial charge in [-0.25, -0.2) is 4.45 Å². The fraction of sp³-hybridized carbons (Fsp3) is 0.125. The second-order valence-corrected chi connectivity index (χ2v) is 5.70. The summed E-state index contributed by atoms with van der Waals surface area (Å²) in [5, 5.41) is 5.71. The zero-order valence-corrected chi connectivity index (χ0v) is 11.6. The lowest BCUT2D eigenvalue weighted by Gasteiger charge is -1.95. The molecule has 13 heavy (non-hydrogen) atoms. The highest BCUT2D eigenvalue weighted by Gasteiger charge is 2.05. The first-order valence-electron chi connectivity index (χ1n) is 3.74. The monoisotopic (exact) mass is 368 g/mol. The molecule has 1 aromatic heterocycles. The van der Waals surface area contributed by atoms with Crippen LogP contribution in [0.4, 0.5) is 0 Å². The van der Waals surface area contributed by atoms with Gasteiger partial charge in [-0.3, -0.25) is 0 Å². The Kier molecular flexibility index (Phi) is 2.91. The van der Waals surface area contributed by atoms with Gasteiger partial charge in [0, 0.05) is 15.6 Å². The minimum Gasteiger partial charge on any atom is -0.241 e. The lowest BCUT2D eigenvalue weighted by Crippen LogP contribution is -1.84. The summed E-state index contributed by atoms with van der Waals surface area (Å²) in [6.07, 6.45) is 0.669. The normalized spacial score (nSPS) is 11.9. The van der Waals surface area contributed by atoms with Crippen molar-refractivity contribution in [3.63, 3.8) is 0 Å². The van der Waals surface area contributed by atoms with Crippen LogP contribution in [0.2, 0.25) is 0 Å². The Morgan fingerprint density at radius 1 is 1.54 bits per heavy atom. The Balaban J connectivity index is 2.77. The van der Waals surface area contributed by atoms with Crippen LogP contribution in [-0.2, 0) is 0 Å². The number of rotatable bonds is 1. The largest absolute Gasteiger partial charge is 0.241 e. The van der Waals surface area contributed by atoms with E-state index in [0.717, 1.165) is 9.99 Å². The highest BCUT2D eigenvalue weighted by atomic mass is 127. The average molecular weight is 369 g/mol. The third kappa shape index (κ3) is 1.76. The molecule has 0 saturated heterocycles. The molecule has 2 nitrogen and oxygen atoms in total. The van der Waals surface area contributed by atoms with Gasteiger partial charge in [-0.05, 0) is 47.2 Å². The number of halogens is 2. The highest BCUT2D eigenvalue weighted by molar-refractivity contribution is 14.2. The van der Waals surface area contributed by atoms with Gasteiger partial charge in [0.15, 0.2) is 0 Å². The Morgan fingerprint density at radius 2 is 2.31 bits per heavy atom. The van der Waals surface area contributed by atoms with Gasteiger partial charge in [0.1, 0.15) is 0 Å². The third-order valence-electron chi connectivity index (χ3n) is 1.95. The van der Waals surface area contributed by atoms with Crippen LogP contribution in [0.1, 0.15) is 5.69 Å². The van der Waals surface area contributed by atoms with Crippen molar-refractivity contribution < 1.29 is 0 Å². The molecule has 0 N–H and O–H groups in total. The van der Waals surface area contributed by atoms with E-state index in [1.807, 2.05) is 16.6 Å². The van der Waals surface area contributed by atoms with Crippen LogP contribution >= 0.6 is 44.3 Å². The molecule has 0 aliphatic heterocycles. The summed E-state index contributed by atoms with van der Waals surface area (Å²) in [5.74, 6) is 0. The SMILES string of the molecule is Cc1c2cc(Br)ccc2nn1PI. The van der Waals surface area contributed by atoms with Crippen LogP contribution in [0.3, 0.4) is 0 Å². The molecule has 5 heteroatoms. The maximum Gasteiger partial charge on any atom is 0.0930 e. The molecule has 0 fully saturated rings. The molecule has 1 aromatic carbocycles. The number of aryl methyl sites for hydroxylation is 1. The molecular formula is C8H7BrIN2P. The Morgan fingerprint density at radius 3 is 3.00 bits per heavy atom. The molecule has 0 spiro atoms.